The first-order valence-corrected chi connectivity index (χ1v) is 5.93. The molecule has 0 saturated carbocycles. The van der Waals surface area contributed by atoms with Crippen LogP contribution < -0.4 is 5.32 Å². The van der Waals surface area contributed by atoms with E-state index < -0.39 is 23.5 Å². The Bertz CT molecular complexity index is 677. The lowest BCUT2D eigenvalue weighted by atomic mass is 10.1. The van der Waals surface area contributed by atoms with Crippen molar-refractivity contribution in [2.75, 3.05) is 5.32 Å². The van der Waals surface area contributed by atoms with Gasteiger partial charge in [-0.05, 0) is 37.3 Å². The van der Waals surface area contributed by atoms with E-state index in [1.165, 1.54) is 12.1 Å². The summed E-state index contributed by atoms with van der Waals surface area (Å²) in [7, 11) is 0. The van der Waals surface area contributed by atoms with Crippen LogP contribution in [0.15, 0.2) is 36.4 Å². The molecule has 0 fully saturated rings. The van der Waals surface area contributed by atoms with Gasteiger partial charge in [-0.3, -0.25) is 0 Å². The summed E-state index contributed by atoms with van der Waals surface area (Å²) in [4.78, 5) is 0. The Morgan fingerprint density at radius 2 is 1.85 bits per heavy atom. The largest absolute Gasteiger partial charge is 0.377 e. The molecule has 2 aromatic carbocycles. The van der Waals surface area contributed by atoms with Gasteiger partial charge >= 0.3 is 0 Å². The lowest BCUT2D eigenvalue weighted by Gasteiger charge is -2.17. The van der Waals surface area contributed by atoms with Crippen molar-refractivity contribution in [1.29, 1.82) is 5.26 Å². The van der Waals surface area contributed by atoms with Crippen LogP contribution in [0.3, 0.4) is 0 Å². The minimum absolute atomic E-state index is 0.109. The van der Waals surface area contributed by atoms with Gasteiger partial charge in [-0.25, -0.2) is 13.2 Å². The van der Waals surface area contributed by atoms with E-state index >= 15 is 0 Å². The van der Waals surface area contributed by atoms with Crippen LogP contribution in [0.5, 0.6) is 0 Å². The fourth-order valence-electron chi connectivity index (χ4n) is 1.92. The average Bonchev–Trinajstić information content (AvgIpc) is 2.41. The molecule has 20 heavy (non-hydrogen) atoms. The minimum atomic E-state index is -0.663. The summed E-state index contributed by atoms with van der Waals surface area (Å²) < 4.78 is 40.2. The van der Waals surface area contributed by atoms with Crippen molar-refractivity contribution in [3.05, 3.63) is 65.0 Å². The summed E-state index contributed by atoms with van der Waals surface area (Å²) in [6.45, 7) is 1.60. The highest BCUT2D eigenvalue weighted by molar-refractivity contribution is 5.58. The zero-order valence-corrected chi connectivity index (χ0v) is 10.6. The molecule has 0 spiro atoms. The monoisotopic (exact) mass is 276 g/mol. The number of rotatable bonds is 3. The quantitative estimate of drug-likeness (QED) is 0.914. The highest BCUT2D eigenvalue weighted by Crippen LogP contribution is 2.25. The normalized spacial score (nSPS) is 11.8. The molecule has 0 aliphatic carbocycles. The average molecular weight is 276 g/mol. The molecule has 0 bridgehead atoms. The Kier molecular flexibility index (Phi) is 3.94. The second-order valence-electron chi connectivity index (χ2n) is 4.31. The third-order valence-electron chi connectivity index (χ3n) is 2.92. The summed E-state index contributed by atoms with van der Waals surface area (Å²) in [5, 5.41) is 11.7. The number of nitriles is 1. The van der Waals surface area contributed by atoms with Crippen molar-refractivity contribution in [2.24, 2.45) is 0 Å². The Hall–Kier alpha value is -2.48. The molecule has 2 nitrogen and oxygen atoms in total. The number of benzene rings is 2. The summed E-state index contributed by atoms with van der Waals surface area (Å²) >= 11 is 0. The van der Waals surface area contributed by atoms with Gasteiger partial charge in [0.05, 0.1) is 11.7 Å². The van der Waals surface area contributed by atoms with Gasteiger partial charge < -0.3 is 5.32 Å². The van der Waals surface area contributed by atoms with Gasteiger partial charge in [-0.15, -0.1) is 0 Å². The molecule has 5 heteroatoms. The van der Waals surface area contributed by atoms with E-state index in [-0.39, 0.29) is 16.8 Å². The first-order valence-electron chi connectivity index (χ1n) is 5.93. The predicted molar refractivity (Wildman–Crippen MR) is 69.5 cm³/mol. The number of nitrogens with one attached hydrogen (secondary N) is 1. The van der Waals surface area contributed by atoms with Crippen molar-refractivity contribution in [2.45, 2.75) is 13.0 Å². The highest BCUT2D eigenvalue weighted by Gasteiger charge is 2.15. The Morgan fingerprint density at radius 1 is 1.10 bits per heavy atom. The molecule has 2 rings (SSSR count). The molecule has 1 atom stereocenters. The van der Waals surface area contributed by atoms with E-state index in [1.807, 2.05) is 0 Å². The van der Waals surface area contributed by atoms with E-state index in [4.69, 9.17) is 5.26 Å². The summed E-state index contributed by atoms with van der Waals surface area (Å²) in [5.74, 6) is -1.79. The van der Waals surface area contributed by atoms with Crippen LogP contribution in [0.1, 0.15) is 24.1 Å². The van der Waals surface area contributed by atoms with Gasteiger partial charge in [0, 0.05) is 5.56 Å². The van der Waals surface area contributed by atoms with Crippen LogP contribution in [0.25, 0.3) is 0 Å². The molecule has 0 aliphatic rings. The first kappa shape index (κ1) is 13.9. The number of hydrogen-bond donors (Lipinski definition) is 1. The topological polar surface area (TPSA) is 35.8 Å². The van der Waals surface area contributed by atoms with Crippen LogP contribution in [-0.2, 0) is 0 Å². The molecular weight excluding hydrogens is 265 g/mol. The summed E-state index contributed by atoms with van der Waals surface area (Å²) in [5.41, 5.74) is 0.193. The second-order valence-corrected chi connectivity index (χ2v) is 4.31. The zero-order chi connectivity index (χ0) is 14.7. The Balaban J connectivity index is 2.33. The van der Waals surface area contributed by atoms with Crippen molar-refractivity contribution in [1.82, 2.24) is 0 Å². The summed E-state index contributed by atoms with van der Waals surface area (Å²) in [6.07, 6.45) is 0. The second kappa shape index (κ2) is 5.66. The molecule has 0 amide bonds. The maximum atomic E-state index is 13.6. The molecule has 1 unspecified atom stereocenters. The van der Waals surface area contributed by atoms with Crippen LogP contribution in [0.4, 0.5) is 18.9 Å². The van der Waals surface area contributed by atoms with E-state index in [2.05, 4.69) is 5.32 Å². The first-order chi connectivity index (χ1) is 9.52. The minimum Gasteiger partial charge on any atom is -0.377 e. The number of nitrogens with zero attached hydrogens (tertiary/aromatic N) is 1. The lowest BCUT2D eigenvalue weighted by molar-refractivity contribution is 0.577. The van der Waals surface area contributed by atoms with Crippen molar-refractivity contribution in [3.8, 4) is 6.07 Å². The van der Waals surface area contributed by atoms with E-state index in [9.17, 15) is 13.2 Å². The third kappa shape index (κ3) is 2.75. The molecule has 0 aromatic heterocycles. The highest BCUT2D eigenvalue weighted by atomic mass is 19.1. The van der Waals surface area contributed by atoms with Gasteiger partial charge in [-0.1, -0.05) is 6.07 Å². The number of halogens is 3. The standard InChI is InChI=1S/C15H11F3N2/c1-9(11-7-10(16)5-6-14(11)18)20-15-4-2-3-13(17)12(15)8-19/h2-7,9,20H,1H3. The predicted octanol–water partition coefficient (Wildman–Crippen LogP) is 4.15. The molecule has 0 heterocycles. The van der Waals surface area contributed by atoms with Crippen LogP contribution >= 0.6 is 0 Å². The van der Waals surface area contributed by atoms with E-state index in [0.717, 1.165) is 24.3 Å². The van der Waals surface area contributed by atoms with Gasteiger partial charge in [-0.2, -0.15) is 5.26 Å². The Labute approximate surface area is 114 Å². The smallest absolute Gasteiger partial charge is 0.143 e. The SMILES string of the molecule is CC(Nc1cccc(F)c1C#N)c1cc(F)ccc1F. The molecular formula is C15H11F3N2. The maximum absolute atomic E-state index is 13.6. The van der Waals surface area contributed by atoms with E-state index in [0.29, 0.717) is 0 Å². The Morgan fingerprint density at radius 3 is 2.55 bits per heavy atom. The van der Waals surface area contributed by atoms with Crippen LogP contribution in [0, 0.1) is 28.8 Å². The number of anilines is 1. The molecule has 1 N–H and O–H groups in total. The maximum Gasteiger partial charge on any atom is 0.143 e. The van der Waals surface area contributed by atoms with Crippen LogP contribution in [0.2, 0.25) is 0 Å². The lowest BCUT2D eigenvalue weighted by Crippen LogP contribution is -2.10. The van der Waals surface area contributed by atoms with Crippen molar-refractivity contribution in [3.63, 3.8) is 0 Å². The van der Waals surface area contributed by atoms with Gasteiger partial charge in [0.1, 0.15) is 29.1 Å². The van der Waals surface area contributed by atoms with Crippen molar-refractivity contribution < 1.29 is 13.2 Å². The molecule has 2 aromatic rings. The zero-order valence-electron chi connectivity index (χ0n) is 10.6. The van der Waals surface area contributed by atoms with Crippen LogP contribution in [-0.4, -0.2) is 0 Å². The van der Waals surface area contributed by atoms with Gasteiger partial charge in [0.25, 0.3) is 0 Å². The number of hydrogen-bond acceptors (Lipinski definition) is 2. The third-order valence-corrected chi connectivity index (χ3v) is 2.92. The van der Waals surface area contributed by atoms with Gasteiger partial charge in [0.2, 0.25) is 0 Å². The molecule has 0 radical (unpaired) electrons. The van der Waals surface area contributed by atoms with Crippen molar-refractivity contribution >= 4 is 5.69 Å². The fourth-order valence-corrected chi connectivity index (χ4v) is 1.92. The molecule has 102 valence electrons. The fraction of sp³-hybridized carbons (Fsp3) is 0.133. The van der Waals surface area contributed by atoms with Gasteiger partial charge in [0.15, 0.2) is 0 Å². The molecule has 0 aliphatic heterocycles. The summed E-state index contributed by atoms with van der Waals surface area (Å²) in [6, 6.07) is 8.36. The molecule has 0 saturated heterocycles. The van der Waals surface area contributed by atoms with E-state index in [1.54, 1.807) is 13.0 Å².